The number of unbranched alkanes of at least 4 members (excludes halogenated alkanes) is 2. The van der Waals surface area contributed by atoms with E-state index in [1.165, 1.54) is 11.1 Å². The van der Waals surface area contributed by atoms with Gasteiger partial charge in [0.05, 0.1) is 0 Å². The van der Waals surface area contributed by atoms with Crippen LogP contribution >= 0.6 is 0 Å². The summed E-state index contributed by atoms with van der Waals surface area (Å²) in [6.45, 7) is 9.95. The number of aryl methyl sites for hydroxylation is 2. The maximum atomic E-state index is 12.6. The number of rotatable bonds is 15. The lowest BCUT2D eigenvalue weighted by molar-refractivity contribution is -0.129. The maximum absolute atomic E-state index is 12.6. The largest absolute Gasteiger partial charge is 0.354 e. The van der Waals surface area contributed by atoms with E-state index in [0.717, 1.165) is 45.1 Å². The lowest BCUT2D eigenvalue weighted by atomic mass is 10.1. The molecule has 1 aromatic rings. The first-order chi connectivity index (χ1) is 13.9. The van der Waals surface area contributed by atoms with Crippen LogP contribution in [0.4, 0.5) is 0 Å². The molecular weight excluding hydrogens is 362 g/mol. The van der Waals surface area contributed by atoms with Crippen LogP contribution in [0.3, 0.4) is 0 Å². The minimum atomic E-state index is -0.447. The number of carbonyl (C=O) groups excluding carboxylic acids is 2. The highest BCUT2D eigenvalue weighted by atomic mass is 16.2. The second kappa shape index (κ2) is 15.0. The Morgan fingerprint density at radius 2 is 1.69 bits per heavy atom. The summed E-state index contributed by atoms with van der Waals surface area (Å²) in [5.74, 6) is -0.0971. The average Bonchev–Trinajstić information content (AvgIpc) is 2.68. The molecule has 0 saturated carbocycles. The van der Waals surface area contributed by atoms with E-state index in [1.807, 2.05) is 0 Å². The summed E-state index contributed by atoms with van der Waals surface area (Å²) in [6, 6.07) is 8.40. The van der Waals surface area contributed by atoms with E-state index < -0.39 is 6.04 Å². The number of hydrogen-bond donors (Lipinski definition) is 3. The highest BCUT2D eigenvalue weighted by Crippen LogP contribution is 2.08. The van der Waals surface area contributed by atoms with Crippen molar-refractivity contribution in [3.05, 3.63) is 35.4 Å². The van der Waals surface area contributed by atoms with Crippen molar-refractivity contribution in [3.8, 4) is 0 Å². The fourth-order valence-corrected chi connectivity index (χ4v) is 3.15. The predicted molar refractivity (Wildman–Crippen MR) is 121 cm³/mol. The van der Waals surface area contributed by atoms with Crippen LogP contribution in [-0.2, 0) is 16.0 Å². The molecule has 0 spiro atoms. The third-order valence-electron chi connectivity index (χ3n) is 4.94. The molecule has 0 fully saturated rings. The van der Waals surface area contributed by atoms with Crippen LogP contribution in [0.2, 0.25) is 0 Å². The Labute approximate surface area is 177 Å². The summed E-state index contributed by atoms with van der Waals surface area (Å²) in [5.41, 5.74) is 2.49. The first kappa shape index (κ1) is 25.2. The third kappa shape index (κ3) is 12.3. The normalized spacial score (nSPS) is 12.0. The maximum Gasteiger partial charge on any atom is 0.242 e. The lowest BCUT2D eigenvalue weighted by Gasteiger charge is -2.19. The van der Waals surface area contributed by atoms with Gasteiger partial charge in [0.25, 0.3) is 0 Å². The fourth-order valence-electron chi connectivity index (χ4n) is 3.15. The molecule has 0 radical (unpaired) electrons. The summed E-state index contributed by atoms with van der Waals surface area (Å²) >= 11 is 0. The van der Waals surface area contributed by atoms with E-state index in [0.29, 0.717) is 25.4 Å². The first-order valence-corrected chi connectivity index (χ1v) is 11.3. The van der Waals surface area contributed by atoms with Gasteiger partial charge in [-0.3, -0.25) is 9.59 Å². The standard InChI is InChI=1S/C24H41N3O2/c1-5-6-7-17-26-24(29)22(11-9-18-25-19(2)3)27-23(28)12-8-10-21-15-13-20(4)14-16-21/h13-16,19,22,25H,5-12,17-18H2,1-4H3,(H,26,29)(H,27,28). The van der Waals surface area contributed by atoms with Crippen LogP contribution < -0.4 is 16.0 Å². The van der Waals surface area contributed by atoms with Crippen LogP contribution in [0.25, 0.3) is 0 Å². The van der Waals surface area contributed by atoms with E-state index in [2.05, 4.69) is 67.9 Å². The van der Waals surface area contributed by atoms with Crippen molar-refractivity contribution in [1.29, 1.82) is 0 Å². The molecule has 0 aliphatic carbocycles. The van der Waals surface area contributed by atoms with Crippen molar-refractivity contribution >= 4 is 11.8 Å². The molecule has 5 nitrogen and oxygen atoms in total. The van der Waals surface area contributed by atoms with E-state index >= 15 is 0 Å². The van der Waals surface area contributed by atoms with Gasteiger partial charge in [-0.25, -0.2) is 0 Å². The Hall–Kier alpha value is -1.88. The monoisotopic (exact) mass is 403 g/mol. The SMILES string of the molecule is CCCCCNC(=O)C(CCCNC(C)C)NC(=O)CCCc1ccc(C)cc1. The van der Waals surface area contributed by atoms with Crippen molar-refractivity contribution in [2.45, 2.75) is 91.1 Å². The molecule has 0 aliphatic rings. The van der Waals surface area contributed by atoms with E-state index in [4.69, 9.17) is 0 Å². The van der Waals surface area contributed by atoms with Gasteiger partial charge in [0.15, 0.2) is 0 Å². The molecular formula is C24H41N3O2. The molecule has 5 heteroatoms. The minimum Gasteiger partial charge on any atom is -0.354 e. The topological polar surface area (TPSA) is 70.2 Å². The summed E-state index contributed by atoms with van der Waals surface area (Å²) in [4.78, 5) is 25.0. The molecule has 0 heterocycles. The number of amides is 2. The highest BCUT2D eigenvalue weighted by molar-refractivity contribution is 5.87. The molecule has 0 aliphatic heterocycles. The Morgan fingerprint density at radius 3 is 2.34 bits per heavy atom. The molecule has 1 unspecified atom stereocenters. The van der Waals surface area contributed by atoms with Gasteiger partial charge < -0.3 is 16.0 Å². The summed E-state index contributed by atoms with van der Waals surface area (Å²) in [6.07, 6.45) is 6.82. The highest BCUT2D eigenvalue weighted by Gasteiger charge is 2.19. The van der Waals surface area contributed by atoms with Gasteiger partial charge in [0.1, 0.15) is 6.04 Å². The molecule has 1 rings (SSSR count). The summed E-state index contributed by atoms with van der Waals surface area (Å²) in [7, 11) is 0. The van der Waals surface area contributed by atoms with E-state index in [-0.39, 0.29) is 11.8 Å². The Kier molecular flexibility index (Phi) is 13.0. The van der Waals surface area contributed by atoms with Gasteiger partial charge in [-0.2, -0.15) is 0 Å². The molecule has 164 valence electrons. The minimum absolute atomic E-state index is 0.0392. The second-order valence-electron chi connectivity index (χ2n) is 8.21. The predicted octanol–water partition coefficient (Wildman–Crippen LogP) is 3.89. The van der Waals surface area contributed by atoms with Crippen molar-refractivity contribution < 1.29 is 9.59 Å². The van der Waals surface area contributed by atoms with Gasteiger partial charge in [-0.1, -0.05) is 63.4 Å². The molecule has 1 aromatic carbocycles. The van der Waals surface area contributed by atoms with Gasteiger partial charge in [0.2, 0.25) is 11.8 Å². The molecule has 1 atom stereocenters. The molecule has 0 bridgehead atoms. The zero-order valence-corrected chi connectivity index (χ0v) is 18.9. The van der Waals surface area contributed by atoms with E-state index in [9.17, 15) is 9.59 Å². The molecule has 0 saturated heterocycles. The number of hydrogen-bond acceptors (Lipinski definition) is 3. The van der Waals surface area contributed by atoms with Crippen molar-refractivity contribution in [3.63, 3.8) is 0 Å². The second-order valence-corrected chi connectivity index (χ2v) is 8.21. The quantitative estimate of drug-likeness (QED) is 0.389. The summed E-state index contributed by atoms with van der Waals surface area (Å²) < 4.78 is 0. The van der Waals surface area contributed by atoms with Crippen LogP contribution in [0.15, 0.2) is 24.3 Å². The zero-order valence-electron chi connectivity index (χ0n) is 18.9. The van der Waals surface area contributed by atoms with Gasteiger partial charge in [-0.05, 0) is 51.1 Å². The smallest absolute Gasteiger partial charge is 0.242 e. The lowest BCUT2D eigenvalue weighted by Crippen LogP contribution is -2.47. The number of carbonyl (C=O) groups is 2. The summed E-state index contributed by atoms with van der Waals surface area (Å²) in [5, 5.41) is 9.31. The third-order valence-corrected chi connectivity index (χ3v) is 4.94. The number of nitrogens with one attached hydrogen (secondary N) is 3. The molecule has 0 aromatic heterocycles. The molecule has 29 heavy (non-hydrogen) atoms. The van der Waals surface area contributed by atoms with Crippen molar-refractivity contribution in [2.24, 2.45) is 0 Å². The van der Waals surface area contributed by atoms with Crippen LogP contribution in [0.1, 0.15) is 76.8 Å². The Morgan fingerprint density at radius 1 is 0.966 bits per heavy atom. The first-order valence-electron chi connectivity index (χ1n) is 11.3. The zero-order chi connectivity index (χ0) is 21.5. The van der Waals surface area contributed by atoms with Crippen molar-refractivity contribution in [2.75, 3.05) is 13.1 Å². The fraction of sp³-hybridized carbons (Fsp3) is 0.667. The Balaban J connectivity index is 2.44. The number of benzene rings is 1. The molecule has 3 N–H and O–H groups in total. The van der Waals surface area contributed by atoms with Gasteiger partial charge >= 0.3 is 0 Å². The Bertz CT molecular complexity index is 584. The van der Waals surface area contributed by atoms with Gasteiger partial charge in [-0.15, -0.1) is 0 Å². The van der Waals surface area contributed by atoms with Crippen LogP contribution in [0.5, 0.6) is 0 Å². The molecule has 2 amide bonds. The van der Waals surface area contributed by atoms with E-state index in [1.54, 1.807) is 0 Å². The van der Waals surface area contributed by atoms with Crippen molar-refractivity contribution in [1.82, 2.24) is 16.0 Å². The van der Waals surface area contributed by atoms with Gasteiger partial charge in [0, 0.05) is 19.0 Å². The van der Waals surface area contributed by atoms with Crippen LogP contribution in [0, 0.1) is 6.92 Å². The van der Waals surface area contributed by atoms with Crippen LogP contribution in [-0.4, -0.2) is 37.0 Å². The average molecular weight is 404 g/mol.